The van der Waals surface area contributed by atoms with Crippen LogP contribution in [0.15, 0.2) is 78.9 Å². The van der Waals surface area contributed by atoms with Crippen LogP contribution in [0.3, 0.4) is 0 Å². The van der Waals surface area contributed by atoms with Crippen LogP contribution in [0.2, 0.25) is 0 Å². The quantitative estimate of drug-likeness (QED) is 0.307. The summed E-state index contributed by atoms with van der Waals surface area (Å²) in [7, 11) is 0. The third-order valence-electron chi connectivity index (χ3n) is 4.39. The van der Waals surface area contributed by atoms with Gasteiger partial charge in [0.25, 0.3) is 0 Å². The van der Waals surface area contributed by atoms with Gasteiger partial charge in [0.1, 0.15) is 11.6 Å². The van der Waals surface area contributed by atoms with Gasteiger partial charge in [0.2, 0.25) is 0 Å². The Morgan fingerprint density at radius 3 is 2.07 bits per heavy atom. The molecule has 0 heterocycles. The van der Waals surface area contributed by atoms with Gasteiger partial charge in [-0.3, -0.25) is 0 Å². The van der Waals surface area contributed by atoms with Crippen LogP contribution in [0.5, 0.6) is 5.75 Å². The maximum Gasteiger partial charge on any atom is 0.338 e. The molecule has 2 nitrogen and oxygen atoms in total. The second kappa shape index (κ2) is 8.00. The van der Waals surface area contributed by atoms with E-state index in [0.717, 1.165) is 23.1 Å². The van der Waals surface area contributed by atoms with E-state index >= 15 is 0 Å². The first kappa shape index (κ1) is 18.6. The van der Waals surface area contributed by atoms with Gasteiger partial charge >= 0.3 is 5.97 Å². The van der Waals surface area contributed by atoms with E-state index in [0.29, 0.717) is 16.9 Å². The zero-order chi connectivity index (χ0) is 19.4. The third kappa shape index (κ3) is 4.32. The van der Waals surface area contributed by atoms with Crippen molar-refractivity contribution in [2.75, 3.05) is 0 Å². The van der Waals surface area contributed by atoms with Crippen molar-refractivity contribution in [3.05, 3.63) is 90.3 Å². The molecule has 3 rings (SSSR count). The molecule has 3 heteroatoms. The van der Waals surface area contributed by atoms with Crippen LogP contribution in [0.1, 0.15) is 19.4 Å². The van der Waals surface area contributed by atoms with Crippen LogP contribution in [-0.2, 0) is 11.2 Å². The summed E-state index contributed by atoms with van der Waals surface area (Å²) in [6, 6.07) is 20.1. The number of carbonyl (C=O) groups excluding carboxylic acids is 1. The molecule has 0 aliphatic rings. The van der Waals surface area contributed by atoms with Crippen molar-refractivity contribution in [3.63, 3.8) is 0 Å². The lowest BCUT2D eigenvalue weighted by Crippen LogP contribution is -2.07. The summed E-state index contributed by atoms with van der Waals surface area (Å²) >= 11 is 0. The molecule has 0 aliphatic heterocycles. The molecule has 136 valence electrons. The van der Waals surface area contributed by atoms with Crippen LogP contribution >= 0.6 is 0 Å². The fourth-order valence-corrected chi connectivity index (χ4v) is 2.76. The first-order valence-electron chi connectivity index (χ1n) is 8.85. The molecule has 0 radical (unpaired) electrons. The Kier molecular flexibility index (Phi) is 5.51. The minimum Gasteiger partial charge on any atom is -0.423 e. The third-order valence-corrected chi connectivity index (χ3v) is 4.39. The molecular formula is C24H21FO2. The molecule has 0 fully saturated rings. The second-order valence-electron chi connectivity index (χ2n) is 6.44. The zero-order valence-electron chi connectivity index (χ0n) is 15.5. The van der Waals surface area contributed by atoms with E-state index in [2.05, 4.69) is 13.5 Å². The van der Waals surface area contributed by atoms with E-state index in [1.807, 2.05) is 30.3 Å². The fourth-order valence-electron chi connectivity index (χ4n) is 2.76. The highest BCUT2D eigenvalue weighted by atomic mass is 19.1. The number of hydrogen-bond acceptors (Lipinski definition) is 2. The number of halogens is 1. The number of hydrogen-bond donors (Lipinski definition) is 0. The highest BCUT2D eigenvalue weighted by Gasteiger charge is 2.09. The summed E-state index contributed by atoms with van der Waals surface area (Å²) in [5, 5.41) is 0. The number of ether oxygens (including phenoxy) is 1. The summed E-state index contributed by atoms with van der Waals surface area (Å²) in [6.45, 7) is 7.24. The summed E-state index contributed by atoms with van der Waals surface area (Å²) in [5.74, 6) is -0.304. The van der Waals surface area contributed by atoms with Crippen LogP contribution in [-0.4, -0.2) is 5.97 Å². The number of benzene rings is 3. The molecule has 0 amide bonds. The van der Waals surface area contributed by atoms with E-state index in [4.69, 9.17) is 4.74 Å². The molecule has 0 bridgehead atoms. The van der Waals surface area contributed by atoms with E-state index < -0.39 is 5.97 Å². The SMILES string of the molecule is C=C(C)C(=O)Oc1ccc(-c2ccc(-c3ccc(CC)cc3)c(F)c2)cc1. The predicted octanol–water partition coefficient (Wildman–Crippen LogP) is 6.20. The summed E-state index contributed by atoms with van der Waals surface area (Å²) in [5.41, 5.74) is 4.61. The number of carbonyl (C=O) groups is 1. The van der Waals surface area contributed by atoms with Gasteiger partial charge in [-0.1, -0.05) is 62.0 Å². The molecular weight excluding hydrogens is 339 g/mol. The van der Waals surface area contributed by atoms with Crippen molar-refractivity contribution in [2.45, 2.75) is 20.3 Å². The Morgan fingerprint density at radius 2 is 1.52 bits per heavy atom. The number of aryl methyl sites for hydroxylation is 1. The van der Waals surface area contributed by atoms with Crippen molar-refractivity contribution in [3.8, 4) is 28.0 Å². The average Bonchev–Trinajstić information content (AvgIpc) is 2.68. The minimum absolute atomic E-state index is 0.269. The molecule has 3 aromatic carbocycles. The van der Waals surface area contributed by atoms with Crippen molar-refractivity contribution >= 4 is 5.97 Å². The van der Waals surface area contributed by atoms with Crippen LogP contribution in [0.4, 0.5) is 4.39 Å². The first-order chi connectivity index (χ1) is 13.0. The maximum atomic E-state index is 14.7. The lowest BCUT2D eigenvalue weighted by Gasteiger charge is -2.09. The molecule has 0 N–H and O–H groups in total. The average molecular weight is 360 g/mol. The molecule has 0 aromatic heterocycles. The van der Waals surface area contributed by atoms with Gasteiger partial charge in [0, 0.05) is 11.1 Å². The Bertz CT molecular complexity index is 970. The predicted molar refractivity (Wildman–Crippen MR) is 107 cm³/mol. The molecule has 3 aromatic rings. The van der Waals surface area contributed by atoms with E-state index in [1.54, 1.807) is 37.3 Å². The summed E-state index contributed by atoms with van der Waals surface area (Å²) in [4.78, 5) is 11.6. The Labute approximate surface area is 158 Å². The molecule has 0 atom stereocenters. The lowest BCUT2D eigenvalue weighted by molar-refractivity contribution is -0.130. The standard InChI is InChI=1S/C24H21FO2/c1-4-17-5-7-19(8-6-17)22-14-11-20(15-23(22)25)18-9-12-21(13-10-18)27-24(26)16(2)3/h5-15H,2,4H2,1,3H3. The number of rotatable bonds is 5. The lowest BCUT2D eigenvalue weighted by atomic mass is 9.98. The van der Waals surface area contributed by atoms with Crippen molar-refractivity contribution in [1.29, 1.82) is 0 Å². The van der Waals surface area contributed by atoms with Crippen molar-refractivity contribution in [2.24, 2.45) is 0 Å². The van der Waals surface area contributed by atoms with Crippen LogP contribution in [0, 0.1) is 5.82 Å². The normalized spacial score (nSPS) is 10.5. The molecule has 0 saturated carbocycles. The van der Waals surface area contributed by atoms with Gasteiger partial charge in [-0.15, -0.1) is 0 Å². The molecule has 0 spiro atoms. The van der Waals surface area contributed by atoms with Gasteiger partial charge < -0.3 is 4.74 Å². The van der Waals surface area contributed by atoms with Gasteiger partial charge in [0.05, 0.1) is 0 Å². The van der Waals surface area contributed by atoms with Crippen molar-refractivity contribution in [1.82, 2.24) is 0 Å². The maximum absolute atomic E-state index is 14.7. The highest BCUT2D eigenvalue weighted by molar-refractivity contribution is 5.88. The minimum atomic E-state index is -0.466. The van der Waals surface area contributed by atoms with Gasteiger partial charge in [-0.05, 0) is 53.8 Å². The second-order valence-corrected chi connectivity index (χ2v) is 6.44. The summed E-state index contributed by atoms with van der Waals surface area (Å²) < 4.78 is 19.8. The van der Waals surface area contributed by atoms with Crippen molar-refractivity contribution < 1.29 is 13.9 Å². The Hall–Kier alpha value is -3.20. The summed E-state index contributed by atoms with van der Waals surface area (Å²) in [6.07, 6.45) is 0.958. The van der Waals surface area contributed by atoms with E-state index in [9.17, 15) is 9.18 Å². The largest absolute Gasteiger partial charge is 0.423 e. The van der Waals surface area contributed by atoms with Gasteiger partial charge in [-0.25, -0.2) is 9.18 Å². The molecule has 0 unspecified atom stereocenters. The monoisotopic (exact) mass is 360 g/mol. The first-order valence-corrected chi connectivity index (χ1v) is 8.85. The fraction of sp³-hybridized carbons (Fsp3) is 0.125. The smallest absolute Gasteiger partial charge is 0.338 e. The highest BCUT2D eigenvalue weighted by Crippen LogP contribution is 2.29. The molecule has 0 aliphatic carbocycles. The van der Waals surface area contributed by atoms with Gasteiger partial charge in [0.15, 0.2) is 0 Å². The Balaban J connectivity index is 1.82. The van der Waals surface area contributed by atoms with Crippen LogP contribution in [0.25, 0.3) is 22.3 Å². The van der Waals surface area contributed by atoms with Crippen LogP contribution < -0.4 is 4.74 Å². The Morgan fingerprint density at radius 1 is 0.926 bits per heavy atom. The van der Waals surface area contributed by atoms with E-state index in [-0.39, 0.29) is 5.82 Å². The zero-order valence-corrected chi connectivity index (χ0v) is 15.5. The molecule has 0 saturated heterocycles. The molecule has 27 heavy (non-hydrogen) atoms. The topological polar surface area (TPSA) is 26.3 Å². The van der Waals surface area contributed by atoms with Gasteiger partial charge in [-0.2, -0.15) is 0 Å². The number of esters is 1. The van der Waals surface area contributed by atoms with E-state index in [1.165, 1.54) is 11.6 Å².